The van der Waals surface area contributed by atoms with E-state index in [0.29, 0.717) is 11.4 Å². The number of nitrogens with one attached hydrogen (secondary N) is 1. The molecule has 0 saturated carbocycles. The Bertz CT molecular complexity index is 663. The average Bonchev–Trinajstić information content (AvgIpc) is 2.85. The Morgan fingerprint density at radius 1 is 1.32 bits per heavy atom. The number of hydrogen-bond acceptors (Lipinski definition) is 3. The van der Waals surface area contributed by atoms with Crippen LogP contribution in [0.15, 0.2) is 35.5 Å². The van der Waals surface area contributed by atoms with Crippen molar-refractivity contribution >= 4 is 10.0 Å². The van der Waals surface area contributed by atoms with Crippen LogP contribution in [0.2, 0.25) is 0 Å². The summed E-state index contributed by atoms with van der Waals surface area (Å²) in [5, 5.41) is 6.49. The van der Waals surface area contributed by atoms with Gasteiger partial charge in [0.25, 0.3) is 0 Å². The van der Waals surface area contributed by atoms with Gasteiger partial charge in [0.2, 0.25) is 10.0 Å². The summed E-state index contributed by atoms with van der Waals surface area (Å²) in [7, 11) is -1.90. The second-order valence-electron chi connectivity index (χ2n) is 4.64. The number of aromatic nitrogens is 2. The minimum atomic E-state index is -3.48. The van der Waals surface area contributed by atoms with Crippen molar-refractivity contribution in [2.75, 3.05) is 7.05 Å². The van der Waals surface area contributed by atoms with Crippen LogP contribution in [0.3, 0.4) is 0 Å². The molecule has 0 atom stereocenters. The monoisotopic (exact) mass is 279 g/mol. The third-order valence-electron chi connectivity index (χ3n) is 2.99. The van der Waals surface area contributed by atoms with Gasteiger partial charge in [-0.3, -0.25) is 5.10 Å². The third kappa shape index (κ3) is 2.85. The third-order valence-corrected chi connectivity index (χ3v) is 4.94. The van der Waals surface area contributed by atoms with E-state index in [2.05, 4.69) is 10.2 Å². The van der Waals surface area contributed by atoms with Crippen LogP contribution in [0.25, 0.3) is 0 Å². The Morgan fingerprint density at radius 2 is 2.05 bits per heavy atom. The lowest BCUT2D eigenvalue weighted by Crippen LogP contribution is -2.27. The maximum absolute atomic E-state index is 12.5. The molecule has 2 aromatic rings. The molecule has 2 rings (SSSR count). The quantitative estimate of drug-likeness (QED) is 0.928. The molecule has 1 N–H and O–H groups in total. The van der Waals surface area contributed by atoms with Gasteiger partial charge >= 0.3 is 0 Å². The van der Waals surface area contributed by atoms with Gasteiger partial charge in [0.1, 0.15) is 0 Å². The van der Waals surface area contributed by atoms with Crippen LogP contribution in [0.5, 0.6) is 0 Å². The number of H-pyrrole nitrogens is 1. The summed E-state index contributed by atoms with van der Waals surface area (Å²) in [5.74, 6) is 0. The molecule has 0 saturated heterocycles. The lowest BCUT2D eigenvalue weighted by molar-refractivity contribution is 0.466. The number of aromatic amines is 1. The summed E-state index contributed by atoms with van der Waals surface area (Å²) < 4.78 is 26.4. The van der Waals surface area contributed by atoms with E-state index in [0.717, 1.165) is 16.7 Å². The van der Waals surface area contributed by atoms with E-state index in [1.54, 1.807) is 32.4 Å². The summed E-state index contributed by atoms with van der Waals surface area (Å²) in [4.78, 5) is 0.360. The van der Waals surface area contributed by atoms with Crippen molar-refractivity contribution in [1.82, 2.24) is 14.5 Å². The Morgan fingerprint density at radius 3 is 2.68 bits per heavy atom. The van der Waals surface area contributed by atoms with Crippen LogP contribution in [0.4, 0.5) is 0 Å². The summed E-state index contributed by atoms with van der Waals surface area (Å²) in [6.07, 6.45) is 3.31. The molecule has 0 aliphatic rings. The maximum Gasteiger partial charge on any atom is 0.243 e. The molecule has 102 valence electrons. The number of sulfonamides is 1. The molecule has 0 amide bonds. The molecule has 5 nitrogen and oxygen atoms in total. The van der Waals surface area contributed by atoms with Crippen molar-refractivity contribution in [3.63, 3.8) is 0 Å². The second-order valence-corrected chi connectivity index (χ2v) is 6.65. The zero-order valence-electron chi connectivity index (χ0n) is 11.2. The predicted octanol–water partition coefficient (Wildman–Crippen LogP) is 1.85. The van der Waals surface area contributed by atoms with Gasteiger partial charge in [-0.2, -0.15) is 9.40 Å². The SMILES string of the molecule is Cc1ccc(C)c(S(=O)(=O)N(C)Cc2cn[nH]c2)c1. The number of rotatable bonds is 4. The number of aryl methyl sites for hydroxylation is 2. The van der Waals surface area contributed by atoms with Gasteiger partial charge in [0.05, 0.1) is 11.1 Å². The van der Waals surface area contributed by atoms with Crippen LogP contribution in [0.1, 0.15) is 16.7 Å². The van der Waals surface area contributed by atoms with Crippen LogP contribution in [0, 0.1) is 13.8 Å². The molecule has 0 aliphatic heterocycles. The fraction of sp³-hybridized carbons (Fsp3) is 0.308. The highest BCUT2D eigenvalue weighted by molar-refractivity contribution is 7.89. The molecule has 0 spiro atoms. The molecule has 6 heteroatoms. The Balaban J connectivity index is 2.33. The number of benzene rings is 1. The van der Waals surface area contributed by atoms with Gasteiger partial charge in [-0.05, 0) is 31.0 Å². The van der Waals surface area contributed by atoms with Gasteiger partial charge in [0.15, 0.2) is 0 Å². The first-order valence-electron chi connectivity index (χ1n) is 5.92. The lowest BCUT2D eigenvalue weighted by atomic mass is 10.2. The largest absolute Gasteiger partial charge is 0.285 e. The molecule has 0 aliphatic carbocycles. The zero-order valence-corrected chi connectivity index (χ0v) is 12.0. The lowest BCUT2D eigenvalue weighted by Gasteiger charge is -2.18. The highest BCUT2D eigenvalue weighted by atomic mass is 32.2. The van der Waals surface area contributed by atoms with Crippen molar-refractivity contribution in [2.24, 2.45) is 0 Å². The van der Waals surface area contributed by atoms with Gasteiger partial charge < -0.3 is 0 Å². The Kier molecular flexibility index (Phi) is 3.73. The summed E-state index contributed by atoms with van der Waals surface area (Å²) in [6.45, 7) is 3.98. The molecule has 0 radical (unpaired) electrons. The molecule has 0 bridgehead atoms. The Labute approximate surface area is 113 Å². The molecule has 1 aromatic heterocycles. The minimum Gasteiger partial charge on any atom is -0.285 e. The summed E-state index contributed by atoms with van der Waals surface area (Å²) >= 11 is 0. The smallest absolute Gasteiger partial charge is 0.243 e. The molecule has 0 unspecified atom stereocenters. The molecular formula is C13H17N3O2S. The van der Waals surface area contributed by atoms with Crippen molar-refractivity contribution < 1.29 is 8.42 Å². The first kappa shape index (κ1) is 13.8. The summed E-state index contributed by atoms with van der Waals surface area (Å²) in [6, 6.07) is 5.44. The van der Waals surface area contributed by atoms with Crippen molar-refractivity contribution in [3.05, 3.63) is 47.3 Å². The highest BCUT2D eigenvalue weighted by Gasteiger charge is 2.23. The van der Waals surface area contributed by atoms with E-state index >= 15 is 0 Å². The fourth-order valence-electron chi connectivity index (χ4n) is 1.86. The maximum atomic E-state index is 12.5. The van der Waals surface area contributed by atoms with Gasteiger partial charge in [-0.1, -0.05) is 12.1 Å². The van der Waals surface area contributed by atoms with Crippen LogP contribution >= 0.6 is 0 Å². The minimum absolute atomic E-state index is 0.298. The topological polar surface area (TPSA) is 66.1 Å². The zero-order chi connectivity index (χ0) is 14.0. The van der Waals surface area contributed by atoms with Crippen LogP contribution in [-0.2, 0) is 16.6 Å². The number of nitrogens with zero attached hydrogens (tertiary/aromatic N) is 2. The normalized spacial score (nSPS) is 12.0. The van der Waals surface area contributed by atoms with Gasteiger partial charge in [-0.15, -0.1) is 0 Å². The van der Waals surface area contributed by atoms with Crippen LogP contribution < -0.4 is 0 Å². The molecule has 19 heavy (non-hydrogen) atoms. The first-order valence-corrected chi connectivity index (χ1v) is 7.36. The fourth-order valence-corrected chi connectivity index (χ4v) is 3.32. The molecule has 1 heterocycles. The average molecular weight is 279 g/mol. The number of hydrogen-bond donors (Lipinski definition) is 1. The van der Waals surface area contributed by atoms with Crippen molar-refractivity contribution in [3.8, 4) is 0 Å². The highest BCUT2D eigenvalue weighted by Crippen LogP contribution is 2.21. The van der Waals surface area contributed by atoms with Crippen molar-refractivity contribution in [1.29, 1.82) is 0 Å². The summed E-state index contributed by atoms with van der Waals surface area (Å²) in [5.41, 5.74) is 2.52. The predicted molar refractivity (Wildman–Crippen MR) is 73.2 cm³/mol. The molecule has 1 aromatic carbocycles. The van der Waals surface area contributed by atoms with E-state index in [1.165, 1.54) is 4.31 Å². The Hall–Kier alpha value is -1.66. The second kappa shape index (κ2) is 5.14. The van der Waals surface area contributed by atoms with E-state index in [9.17, 15) is 8.42 Å². The molecular weight excluding hydrogens is 262 g/mol. The van der Waals surface area contributed by atoms with Gasteiger partial charge in [-0.25, -0.2) is 8.42 Å². The van der Waals surface area contributed by atoms with E-state index in [-0.39, 0.29) is 0 Å². The van der Waals surface area contributed by atoms with E-state index in [4.69, 9.17) is 0 Å². The van der Waals surface area contributed by atoms with Gasteiger partial charge in [0, 0.05) is 25.4 Å². The standard InChI is InChI=1S/C13H17N3O2S/c1-10-4-5-11(2)13(6-10)19(17,18)16(3)9-12-7-14-15-8-12/h4-8H,9H2,1-3H3,(H,14,15). The van der Waals surface area contributed by atoms with Crippen LogP contribution in [-0.4, -0.2) is 30.0 Å². The van der Waals surface area contributed by atoms with E-state index < -0.39 is 10.0 Å². The van der Waals surface area contributed by atoms with Crippen molar-refractivity contribution in [2.45, 2.75) is 25.3 Å². The molecule has 0 fully saturated rings. The first-order chi connectivity index (χ1) is 8.91. The van der Waals surface area contributed by atoms with E-state index in [1.807, 2.05) is 19.1 Å².